The van der Waals surface area contributed by atoms with Gasteiger partial charge >= 0.3 is 0 Å². The maximum atomic E-state index is 12.4. The molecule has 26 heavy (non-hydrogen) atoms. The van der Waals surface area contributed by atoms with Gasteiger partial charge in [0, 0.05) is 18.7 Å². The van der Waals surface area contributed by atoms with Crippen molar-refractivity contribution in [3.05, 3.63) is 53.6 Å². The summed E-state index contributed by atoms with van der Waals surface area (Å²) in [5.74, 6) is 1.18. The van der Waals surface area contributed by atoms with Crippen LogP contribution in [0.5, 0.6) is 5.75 Å². The molecule has 2 aromatic carbocycles. The molecule has 0 aromatic heterocycles. The predicted octanol–water partition coefficient (Wildman–Crippen LogP) is 5.35. The smallest absolute Gasteiger partial charge is 0.226 e. The molecule has 0 radical (unpaired) electrons. The Hall–Kier alpha value is -2.49. The molecule has 0 fully saturated rings. The van der Waals surface area contributed by atoms with Crippen LogP contribution in [-0.2, 0) is 4.79 Å². The van der Waals surface area contributed by atoms with Gasteiger partial charge in [-0.2, -0.15) is 0 Å². The molecular weight excluding hydrogens is 324 g/mol. The minimum absolute atomic E-state index is 0.0101. The summed E-state index contributed by atoms with van der Waals surface area (Å²) in [6, 6.07) is 13.9. The molecule has 2 rings (SSSR count). The quantitative estimate of drug-likeness (QED) is 0.672. The van der Waals surface area contributed by atoms with Crippen molar-refractivity contribution in [3.8, 4) is 5.75 Å². The van der Waals surface area contributed by atoms with E-state index >= 15 is 0 Å². The van der Waals surface area contributed by atoms with Crippen molar-refractivity contribution in [2.24, 2.45) is 0 Å². The Bertz CT molecular complexity index is 739. The summed E-state index contributed by atoms with van der Waals surface area (Å²) in [7, 11) is 0. The van der Waals surface area contributed by atoms with Gasteiger partial charge in [0.25, 0.3) is 0 Å². The molecule has 0 saturated carbocycles. The first kappa shape index (κ1) is 19.8. The average Bonchev–Trinajstić information content (AvgIpc) is 2.57. The number of hydrogen-bond acceptors (Lipinski definition) is 3. The highest BCUT2D eigenvalue weighted by Crippen LogP contribution is 2.28. The molecule has 4 heteroatoms. The van der Waals surface area contributed by atoms with Gasteiger partial charge in [-0.15, -0.1) is 0 Å². The van der Waals surface area contributed by atoms with E-state index in [1.807, 2.05) is 57.2 Å². The second kappa shape index (κ2) is 9.27. The summed E-state index contributed by atoms with van der Waals surface area (Å²) in [6.45, 7) is 10.8. The number of benzene rings is 2. The summed E-state index contributed by atoms with van der Waals surface area (Å²) >= 11 is 0. The molecule has 2 aromatic rings. The Kier molecular flexibility index (Phi) is 7.07. The molecule has 0 atom stereocenters. The standard InChI is InChI=1S/C22H30N2O2/c1-15(2)18-10-8-9-17(5)22(18)24-21(25)13-14-23-19-11-6-7-12-20(19)26-16(3)4/h6-12,15-16,23H,13-14H2,1-5H3,(H,24,25). The van der Waals surface area contributed by atoms with Gasteiger partial charge in [-0.1, -0.05) is 44.2 Å². The van der Waals surface area contributed by atoms with E-state index in [9.17, 15) is 4.79 Å². The molecule has 0 unspecified atom stereocenters. The number of amides is 1. The summed E-state index contributed by atoms with van der Waals surface area (Å²) in [4.78, 5) is 12.4. The maximum absolute atomic E-state index is 12.4. The van der Waals surface area contributed by atoms with Crippen molar-refractivity contribution in [1.29, 1.82) is 0 Å². The molecule has 140 valence electrons. The van der Waals surface area contributed by atoms with E-state index in [1.54, 1.807) is 0 Å². The largest absolute Gasteiger partial charge is 0.489 e. The number of anilines is 2. The van der Waals surface area contributed by atoms with E-state index in [0.29, 0.717) is 18.9 Å². The SMILES string of the molecule is Cc1cccc(C(C)C)c1NC(=O)CCNc1ccccc1OC(C)C. The molecular formula is C22H30N2O2. The number of nitrogens with one attached hydrogen (secondary N) is 2. The number of carbonyl (C=O) groups is 1. The number of ether oxygens (including phenoxy) is 1. The van der Waals surface area contributed by atoms with Gasteiger partial charge in [0.05, 0.1) is 11.8 Å². The van der Waals surface area contributed by atoms with E-state index < -0.39 is 0 Å². The van der Waals surface area contributed by atoms with Crippen LogP contribution in [0.15, 0.2) is 42.5 Å². The first-order chi connectivity index (χ1) is 12.4. The zero-order valence-corrected chi connectivity index (χ0v) is 16.4. The van der Waals surface area contributed by atoms with E-state index in [0.717, 1.165) is 22.7 Å². The number of aryl methyl sites for hydroxylation is 1. The maximum Gasteiger partial charge on any atom is 0.226 e. The van der Waals surface area contributed by atoms with Crippen LogP contribution in [0.1, 0.15) is 51.2 Å². The molecule has 0 heterocycles. The monoisotopic (exact) mass is 354 g/mol. The molecule has 0 aliphatic rings. The van der Waals surface area contributed by atoms with Gasteiger partial charge in [-0.25, -0.2) is 0 Å². The summed E-state index contributed by atoms with van der Waals surface area (Å²) in [5, 5.41) is 6.38. The lowest BCUT2D eigenvalue weighted by Crippen LogP contribution is -2.18. The fraction of sp³-hybridized carbons (Fsp3) is 0.409. The van der Waals surface area contributed by atoms with E-state index in [4.69, 9.17) is 4.74 Å². The molecule has 1 amide bonds. The zero-order chi connectivity index (χ0) is 19.1. The molecule has 0 spiro atoms. The van der Waals surface area contributed by atoms with Crippen molar-refractivity contribution in [2.75, 3.05) is 17.2 Å². The van der Waals surface area contributed by atoms with Crippen LogP contribution >= 0.6 is 0 Å². The first-order valence-corrected chi connectivity index (χ1v) is 9.27. The molecule has 0 saturated heterocycles. The summed E-state index contributed by atoms with van der Waals surface area (Å²) in [6.07, 6.45) is 0.499. The number of para-hydroxylation sites is 3. The van der Waals surface area contributed by atoms with Crippen LogP contribution in [-0.4, -0.2) is 18.6 Å². The summed E-state index contributed by atoms with van der Waals surface area (Å²) < 4.78 is 5.79. The normalized spacial score (nSPS) is 10.9. The minimum Gasteiger partial charge on any atom is -0.489 e. The lowest BCUT2D eigenvalue weighted by atomic mass is 9.98. The van der Waals surface area contributed by atoms with Gasteiger partial charge in [-0.3, -0.25) is 4.79 Å². The lowest BCUT2D eigenvalue weighted by molar-refractivity contribution is -0.116. The second-order valence-electron chi connectivity index (χ2n) is 7.08. The Morgan fingerprint density at radius 1 is 1.04 bits per heavy atom. The van der Waals surface area contributed by atoms with Gasteiger partial charge in [0.1, 0.15) is 5.75 Å². The Morgan fingerprint density at radius 2 is 1.77 bits per heavy atom. The zero-order valence-electron chi connectivity index (χ0n) is 16.4. The number of carbonyl (C=O) groups excluding carboxylic acids is 1. The number of rotatable bonds is 8. The summed E-state index contributed by atoms with van der Waals surface area (Å²) in [5.41, 5.74) is 4.11. The Labute approximate surface area is 157 Å². The van der Waals surface area contributed by atoms with Crippen LogP contribution in [0.25, 0.3) is 0 Å². The molecule has 0 aliphatic carbocycles. The first-order valence-electron chi connectivity index (χ1n) is 9.27. The third-order valence-corrected chi connectivity index (χ3v) is 4.11. The Morgan fingerprint density at radius 3 is 2.46 bits per heavy atom. The molecule has 4 nitrogen and oxygen atoms in total. The van der Waals surface area contributed by atoms with Crippen molar-refractivity contribution < 1.29 is 9.53 Å². The van der Waals surface area contributed by atoms with Gasteiger partial charge < -0.3 is 15.4 Å². The van der Waals surface area contributed by atoms with E-state index in [1.165, 1.54) is 5.56 Å². The average molecular weight is 354 g/mol. The lowest BCUT2D eigenvalue weighted by Gasteiger charge is -2.17. The predicted molar refractivity (Wildman–Crippen MR) is 109 cm³/mol. The van der Waals surface area contributed by atoms with Crippen LogP contribution in [0, 0.1) is 6.92 Å². The Balaban J connectivity index is 1.95. The molecule has 0 bridgehead atoms. The highest BCUT2D eigenvalue weighted by Gasteiger charge is 2.12. The van der Waals surface area contributed by atoms with E-state index in [2.05, 4.69) is 30.5 Å². The van der Waals surface area contributed by atoms with Crippen molar-refractivity contribution in [3.63, 3.8) is 0 Å². The highest BCUT2D eigenvalue weighted by molar-refractivity contribution is 5.92. The minimum atomic E-state index is 0.0101. The van der Waals surface area contributed by atoms with Crippen LogP contribution in [0.2, 0.25) is 0 Å². The fourth-order valence-electron chi connectivity index (χ4n) is 2.82. The van der Waals surface area contributed by atoms with Crippen LogP contribution in [0.4, 0.5) is 11.4 Å². The topological polar surface area (TPSA) is 50.4 Å². The van der Waals surface area contributed by atoms with Crippen molar-refractivity contribution in [1.82, 2.24) is 0 Å². The second-order valence-corrected chi connectivity index (χ2v) is 7.08. The van der Waals surface area contributed by atoms with Crippen molar-refractivity contribution >= 4 is 17.3 Å². The van der Waals surface area contributed by atoms with Crippen molar-refractivity contribution in [2.45, 2.75) is 53.1 Å². The van der Waals surface area contributed by atoms with Crippen LogP contribution < -0.4 is 15.4 Å². The van der Waals surface area contributed by atoms with Gasteiger partial charge in [-0.05, 0) is 49.9 Å². The highest BCUT2D eigenvalue weighted by atomic mass is 16.5. The number of hydrogen-bond donors (Lipinski definition) is 2. The third-order valence-electron chi connectivity index (χ3n) is 4.11. The van der Waals surface area contributed by atoms with E-state index in [-0.39, 0.29) is 12.0 Å². The van der Waals surface area contributed by atoms with Gasteiger partial charge in [0.15, 0.2) is 0 Å². The van der Waals surface area contributed by atoms with Gasteiger partial charge in [0.2, 0.25) is 5.91 Å². The molecule has 0 aliphatic heterocycles. The third kappa shape index (κ3) is 5.51. The molecule has 2 N–H and O–H groups in total. The fourth-order valence-corrected chi connectivity index (χ4v) is 2.82. The van der Waals surface area contributed by atoms with Crippen LogP contribution in [0.3, 0.4) is 0 Å².